The molecule has 8 aliphatic carbocycles. The van der Waals surface area contributed by atoms with Gasteiger partial charge in [0.25, 0.3) is 0 Å². The van der Waals surface area contributed by atoms with Crippen molar-refractivity contribution < 1.29 is 0 Å². The number of hydrogen-bond donors (Lipinski definition) is 0. The van der Waals surface area contributed by atoms with Gasteiger partial charge in [-0.1, -0.05) is 69.9 Å². The van der Waals surface area contributed by atoms with Gasteiger partial charge in [-0.15, -0.1) is 0 Å². The van der Waals surface area contributed by atoms with Gasteiger partial charge in [0.05, 0.1) is 0 Å². The van der Waals surface area contributed by atoms with Crippen molar-refractivity contribution in [2.45, 2.75) is 122 Å². The van der Waals surface area contributed by atoms with Crippen molar-refractivity contribution in [1.29, 1.82) is 0 Å². The molecular weight excluding hydrogens is 444 g/mol. The fourth-order valence-corrected chi connectivity index (χ4v) is 14.2. The number of fused-ring (bicyclic) bond motifs is 3. The van der Waals surface area contributed by atoms with E-state index in [4.69, 9.17) is 0 Å². The predicted octanol–water partition coefficient (Wildman–Crippen LogP) is 10.1. The molecular formula is C37H54. The highest BCUT2D eigenvalue weighted by Crippen LogP contribution is 2.70. The van der Waals surface area contributed by atoms with E-state index in [9.17, 15) is 0 Å². The molecule has 8 fully saturated rings. The Balaban J connectivity index is 1.12. The molecule has 0 saturated heterocycles. The molecule has 6 atom stereocenters. The molecule has 9 rings (SSSR count). The topological polar surface area (TPSA) is 0 Å². The van der Waals surface area contributed by atoms with Crippen LogP contribution in [-0.4, -0.2) is 0 Å². The molecule has 0 aliphatic heterocycles. The molecule has 4 bridgehead atoms. The van der Waals surface area contributed by atoms with Crippen LogP contribution in [0.4, 0.5) is 0 Å². The van der Waals surface area contributed by atoms with Crippen LogP contribution in [0.5, 0.6) is 0 Å². The third-order valence-corrected chi connectivity index (χ3v) is 15.0. The minimum atomic E-state index is 0.510. The molecule has 0 aromatic heterocycles. The molecule has 0 amide bonds. The quantitative estimate of drug-likeness (QED) is 0.387. The Morgan fingerprint density at radius 3 is 1.68 bits per heavy atom. The van der Waals surface area contributed by atoms with Crippen molar-refractivity contribution in [3.8, 4) is 0 Å². The first-order valence-corrected chi connectivity index (χ1v) is 17.1. The maximum atomic E-state index is 2.81. The lowest BCUT2D eigenvalue weighted by Gasteiger charge is -2.64. The molecule has 0 heteroatoms. The summed E-state index contributed by atoms with van der Waals surface area (Å²) in [6, 6.07) is 12.2. The normalized spacial score (nSPS) is 50.7. The Hall–Kier alpha value is -0.780. The van der Waals surface area contributed by atoms with E-state index < -0.39 is 0 Å². The van der Waals surface area contributed by atoms with Crippen LogP contribution in [0.2, 0.25) is 0 Å². The number of hydrogen-bond acceptors (Lipinski definition) is 0. The zero-order valence-electron chi connectivity index (χ0n) is 24.1. The highest BCUT2D eigenvalue weighted by Gasteiger charge is 2.63. The van der Waals surface area contributed by atoms with Crippen LogP contribution in [0.3, 0.4) is 0 Å². The van der Waals surface area contributed by atoms with Gasteiger partial charge in [-0.2, -0.15) is 0 Å². The van der Waals surface area contributed by atoms with Gasteiger partial charge in [-0.25, -0.2) is 0 Å². The van der Waals surface area contributed by atoms with Crippen LogP contribution >= 0.6 is 0 Å². The van der Waals surface area contributed by atoms with Crippen molar-refractivity contribution in [2.24, 2.45) is 70.5 Å². The third kappa shape index (κ3) is 3.44. The smallest absolute Gasteiger partial charge is 0.00382 e. The molecule has 0 nitrogen and oxygen atoms in total. The van der Waals surface area contributed by atoms with Crippen LogP contribution in [0.1, 0.15) is 122 Å². The molecule has 1 aromatic carbocycles. The van der Waals surface area contributed by atoms with Crippen molar-refractivity contribution in [1.82, 2.24) is 0 Å². The molecule has 0 N–H and O–H groups in total. The summed E-state index contributed by atoms with van der Waals surface area (Å²) in [6.45, 7) is 5.61. The summed E-state index contributed by atoms with van der Waals surface area (Å²) < 4.78 is 0. The summed E-state index contributed by atoms with van der Waals surface area (Å²) in [5.74, 6) is 11.4. The molecule has 202 valence electrons. The first-order valence-electron chi connectivity index (χ1n) is 17.1. The molecule has 37 heavy (non-hydrogen) atoms. The minimum Gasteiger partial charge on any atom is -0.0622 e. The van der Waals surface area contributed by atoms with E-state index in [0.717, 1.165) is 65.1 Å². The van der Waals surface area contributed by atoms with Crippen molar-refractivity contribution in [3.05, 3.63) is 35.9 Å². The fraction of sp³-hybridized carbons (Fsp3) is 0.838. The Morgan fingerprint density at radius 1 is 0.568 bits per heavy atom. The van der Waals surface area contributed by atoms with Gasteiger partial charge in [0.15, 0.2) is 0 Å². The van der Waals surface area contributed by atoms with Gasteiger partial charge in [-0.3, -0.25) is 0 Å². The van der Waals surface area contributed by atoms with Gasteiger partial charge in [0.2, 0.25) is 0 Å². The summed E-state index contributed by atoms with van der Waals surface area (Å²) in [5.41, 5.74) is 2.82. The van der Waals surface area contributed by atoms with E-state index in [1.807, 2.05) is 0 Å². The third-order valence-electron chi connectivity index (χ3n) is 15.0. The molecule has 8 aliphatic rings. The first kappa shape index (κ1) is 24.1. The van der Waals surface area contributed by atoms with Crippen LogP contribution in [0, 0.1) is 70.5 Å². The monoisotopic (exact) mass is 498 g/mol. The molecule has 8 saturated carbocycles. The Kier molecular flexibility index (Phi) is 5.76. The number of rotatable bonds is 4. The van der Waals surface area contributed by atoms with E-state index in [0.29, 0.717) is 10.8 Å². The van der Waals surface area contributed by atoms with Crippen molar-refractivity contribution >= 4 is 0 Å². The average Bonchev–Trinajstić information content (AvgIpc) is 3.54. The van der Waals surface area contributed by atoms with E-state index in [-0.39, 0.29) is 0 Å². The van der Waals surface area contributed by atoms with Gasteiger partial charge < -0.3 is 0 Å². The summed E-state index contributed by atoms with van der Waals surface area (Å²) >= 11 is 0. The van der Waals surface area contributed by atoms with E-state index >= 15 is 0 Å². The summed E-state index contributed by atoms with van der Waals surface area (Å²) in [6.07, 6.45) is 24.9. The average molecular weight is 499 g/mol. The Morgan fingerprint density at radius 2 is 1.11 bits per heavy atom. The van der Waals surface area contributed by atoms with Gasteiger partial charge >= 0.3 is 0 Å². The predicted molar refractivity (Wildman–Crippen MR) is 154 cm³/mol. The maximum Gasteiger partial charge on any atom is 0.00382 e. The number of benzene rings is 1. The highest BCUT2D eigenvalue weighted by molar-refractivity contribution is 5.33. The van der Waals surface area contributed by atoms with E-state index in [1.54, 1.807) is 69.8 Å². The Bertz CT molecular complexity index is 921. The van der Waals surface area contributed by atoms with Crippen LogP contribution in [0.15, 0.2) is 30.3 Å². The van der Waals surface area contributed by atoms with Gasteiger partial charge in [0, 0.05) is 5.41 Å². The van der Waals surface area contributed by atoms with Crippen molar-refractivity contribution in [3.63, 3.8) is 0 Å². The van der Waals surface area contributed by atoms with Crippen LogP contribution in [0.25, 0.3) is 0 Å². The maximum absolute atomic E-state index is 2.81. The second-order valence-electron chi connectivity index (χ2n) is 16.4. The minimum absolute atomic E-state index is 0.510. The largest absolute Gasteiger partial charge is 0.0622 e. The van der Waals surface area contributed by atoms with Gasteiger partial charge in [0.1, 0.15) is 0 Å². The molecule has 6 unspecified atom stereocenters. The molecule has 1 aromatic rings. The standard InChI is InChI=1S/C37H54/c1-36(2,35-33-14-8-6-12-31(33)32-13-7-9-15-34(32)35)27-16-17-28(23-27)37(26-10-4-3-5-11-26)29-19-24-18-25(21-29)22-30(37)20-24/h3-5,10-11,24-25,27-35H,6-9,12-23H2,1-2H3. The van der Waals surface area contributed by atoms with E-state index in [2.05, 4.69) is 44.2 Å². The van der Waals surface area contributed by atoms with Crippen LogP contribution < -0.4 is 0 Å². The lowest BCUT2D eigenvalue weighted by molar-refractivity contribution is -0.0904. The van der Waals surface area contributed by atoms with Crippen molar-refractivity contribution in [2.75, 3.05) is 0 Å². The molecule has 0 heterocycles. The lowest BCUT2D eigenvalue weighted by Crippen LogP contribution is -2.58. The van der Waals surface area contributed by atoms with E-state index in [1.165, 1.54) is 38.5 Å². The Labute approximate surface area is 228 Å². The highest BCUT2D eigenvalue weighted by atomic mass is 14.7. The first-order chi connectivity index (χ1) is 18.1. The SMILES string of the molecule is CC(C)(C1CCC(C2(c3ccccc3)C3CC4CC(C3)CC2C4)C1)C1C2CCCCC2C2CCCCC21. The molecule has 0 spiro atoms. The zero-order chi connectivity index (χ0) is 24.8. The zero-order valence-corrected chi connectivity index (χ0v) is 24.1. The fourth-order valence-electron chi connectivity index (χ4n) is 14.2. The lowest BCUT2D eigenvalue weighted by atomic mass is 9.40. The summed E-state index contributed by atoms with van der Waals surface area (Å²) in [4.78, 5) is 0. The second kappa shape index (κ2) is 8.86. The second-order valence-corrected chi connectivity index (χ2v) is 16.4. The van der Waals surface area contributed by atoms with Gasteiger partial charge in [-0.05, 0) is 153 Å². The summed E-state index contributed by atoms with van der Waals surface area (Å²) in [7, 11) is 0. The van der Waals surface area contributed by atoms with Crippen LogP contribution in [-0.2, 0) is 5.41 Å². The summed E-state index contributed by atoms with van der Waals surface area (Å²) in [5, 5.41) is 0. The molecule has 0 radical (unpaired) electrons.